The Morgan fingerprint density at radius 3 is 2.21 bits per heavy atom. The Labute approximate surface area is 84.1 Å². The third-order valence-corrected chi connectivity index (χ3v) is 1.97. The molecule has 0 radical (unpaired) electrons. The fraction of sp³-hybridized carbons (Fsp3) is 0.778. The van der Waals surface area contributed by atoms with Crippen LogP contribution in [0.3, 0.4) is 0 Å². The van der Waals surface area contributed by atoms with Crippen LogP contribution in [0, 0.1) is 0 Å². The number of carbonyl (C=O) groups excluding carboxylic acids is 1. The molecule has 0 heterocycles. The summed E-state index contributed by atoms with van der Waals surface area (Å²) in [7, 11) is 3.28. The molecule has 0 fully saturated rings. The van der Waals surface area contributed by atoms with E-state index in [0.717, 1.165) is 0 Å². The minimum absolute atomic E-state index is 0.121. The molecule has 0 aliphatic rings. The molecule has 1 amide bonds. The first-order valence-electron chi connectivity index (χ1n) is 4.60. The number of carboxylic acids is 1. The fourth-order valence-corrected chi connectivity index (χ4v) is 1.12. The molecule has 0 aliphatic heterocycles. The van der Waals surface area contributed by atoms with Crippen LogP contribution in [0.4, 0.5) is 0 Å². The van der Waals surface area contributed by atoms with Gasteiger partial charge in [0.25, 0.3) is 0 Å². The first-order chi connectivity index (χ1) is 6.40. The van der Waals surface area contributed by atoms with E-state index in [1.54, 1.807) is 27.9 Å². The van der Waals surface area contributed by atoms with Crippen molar-refractivity contribution < 1.29 is 14.7 Å². The molecule has 0 saturated carbocycles. The lowest BCUT2D eigenvalue weighted by Crippen LogP contribution is -2.48. The quantitative estimate of drug-likeness (QED) is 0.654. The second kappa shape index (κ2) is 5.59. The number of hydrogen-bond acceptors (Lipinski definition) is 3. The van der Waals surface area contributed by atoms with Crippen molar-refractivity contribution in [1.29, 1.82) is 0 Å². The molecule has 0 rings (SSSR count). The second-order valence-electron chi connectivity index (χ2n) is 3.42. The lowest BCUT2D eigenvalue weighted by molar-refractivity contribution is -0.140. The highest BCUT2D eigenvalue weighted by molar-refractivity contribution is 5.82. The first kappa shape index (κ1) is 12.9. The summed E-state index contributed by atoms with van der Waals surface area (Å²) in [5.41, 5.74) is 0. The predicted octanol–water partition coefficient (Wildman–Crippen LogP) is -0.0841. The van der Waals surface area contributed by atoms with Crippen molar-refractivity contribution in [2.75, 3.05) is 14.1 Å². The summed E-state index contributed by atoms with van der Waals surface area (Å²) in [6.45, 7) is 3.42. The minimum atomic E-state index is -0.925. The van der Waals surface area contributed by atoms with E-state index in [1.165, 1.54) is 4.90 Å². The molecular weight excluding hydrogens is 184 g/mol. The van der Waals surface area contributed by atoms with E-state index in [-0.39, 0.29) is 5.91 Å². The van der Waals surface area contributed by atoms with E-state index in [4.69, 9.17) is 5.11 Å². The monoisotopic (exact) mass is 202 g/mol. The number of carbonyl (C=O) groups is 2. The van der Waals surface area contributed by atoms with Crippen LogP contribution in [-0.2, 0) is 9.59 Å². The van der Waals surface area contributed by atoms with E-state index < -0.39 is 18.1 Å². The van der Waals surface area contributed by atoms with Gasteiger partial charge in [-0.2, -0.15) is 0 Å². The summed E-state index contributed by atoms with van der Waals surface area (Å²) in [4.78, 5) is 23.5. The van der Waals surface area contributed by atoms with Crippen molar-refractivity contribution in [2.45, 2.75) is 32.4 Å². The zero-order valence-electron chi connectivity index (χ0n) is 9.07. The summed E-state index contributed by atoms with van der Waals surface area (Å²) in [6.07, 6.45) is 0.459. The standard InChI is InChI=1S/C9H18N2O3/c1-5-7(9(13)14)10-6(2)8(12)11(3)4/h6-7,10H,5H2,1-4H3,(H,13,14). The van der Waals surface area contributed by atoms with Crippen LogP contribution < -0.4 is 5.32 Å². The molecule has 5 heteroatoms. The lowest BCUT2D eigenvalue weighted by Gasteiger charge is -2.21. The predicted molar refractivity (Wildman–Crippen MR) is 53.0 cm³/mol. The summed E-state index contributed by atoms with van der Waals surface area (Å²) in [6, 6.07) is -1.13. The number of rotatable bonds is 5. The van der Waals surface area contributed by atoms with Crippen LogP contribution in [0.5, 0.6) is 0 Å². The van der Waals surface area contributed by atoms with E-state index in [2.05, 4.69) is 5.32 Å². The van der Waals surface area contributed by atoms with Crippen molar-refractivity contribution in [3.8, 4) is 0 Å². The van der Waals surface area contributed by atoms with Crippen molar-refractivity contribution in [3.63, 3.8) is 0 Å². The summed E-state index contributed by atoms with van der Waals surface area (Å²) < 4.78 is 0. The molecule has 0 saturated heterocycles. The van der Waals surface area contributed by atoms with Gasteiger partial charge in [-0.3, -0.25) is 14.9 Å². The van der Waals surface area contributed by atoms with Gasteiger partial charge in [-0.25, -0.2) is 0 Å². The summed E-state index contributed by atoms with van der Waals surface area (Å²) in [5.74, 6) is -1.05. The second-order valence-corrected chi connectivity index (χ2v) is 3.42. The molecule has 0 spiro atoms. The molecule has 2 atom stereocenters. The Balaban J connectivity index is 4.22. The maximum atomic E-state index is 11.4. The zero-order chi connectivity index (χ0) is 11.3. The van der Waals surface area contributed by atoms with Crippen molar-refractivity contribution >= 4 is 11.9 Å². The maximum absolute atomic E-state index is 11.4. The zero-order valence-corrected chi connectivity index (χ0v) is 9.07. The highest BCUT2D eigenvalue weighted by atomic mass is 16.4. The van der Waals surface area contributed by atoms with Crippen molar-refractivity contribution in [3.05, 3.63) is 0 Å². The number of likely N-dealkylation sites (N-methyl/N-ethyl adjacent to an activating group) is 1. The lowest BCUT2D eigenvalue weighted by atomic mass is 10.2. The Bertz CT molecular complexity index is 216. The number of aliphatic carboxylic acids is 1. The van der Waals surface area contributed by atoms with Gasteiger partial charge in [-0.1, -0.05) is 6.92 Å². The van der Waals surface area contributed by atoms with Gasteiger partial charge in [-0.05, 0) is 13.3 Å². The molecular formula is C9H18N2O3. The normalized spacial score (nSPS) is 14.6. The van der Waals surface area contributed by atoms with E-state index in [1.807, 2.05) is 0 Å². The third-order valence-electron chi connectivity index (χ3n) is 1.97. The van der Waals surface area contributed by atoms with Gasteiger partial charge in [0.15, 0.2) is 0 Å². The Hall–Kier alpha value is -1.10. The average molecular weight is 202 g/mol. The van der Waals surface area contributed by atoms with Crippen LogP contribution in [-0.4, -0.2) is 48.1 Å². The van der Waals surface area contributed by atoms with Gasteiger partial charge in [0, 0.05) is 14.1 Å². The highest BCUT2D eigenvalue weighted by Gasteiger charge is 2.22. The van der Waals surface area contributed by atoms with Gasteiger partial charge in [0.05, 0.1) is 6.04 Å². The van der Waals surface area contributed by atoms with Crippen LogP contribution in [0.15, 0.2) is 0 Å². The molecule has 2 unspecified atom stereocenters. The molecule has 5 nitrogen and oxygen atoms in total. The van der Waals surface area contributed by atoms with E-state index in [9.17, 15) is 9.59 Å². The average Bonchev–Trinajstić information content (AvgIpc) is 2.11. The topological polar surface area (TPSA) is 69.6 Å². The van der Waals surface area contributed by atoms with Gasteiger partial charge < -0.3 is 10.0 Å². The number of nitrogens with one attached hydrogen (secondary N) is 1. The Kier molecular flexibility index (Phi) is 5.15. The van der Waals surface area contributed by atoms with E-state index >= 15 is 0 Å². The maximum Gasteiger partial charge on any atom is 0.320 e. The van der Waals surface area contributed by atoms with Crippen LogP contribution in [0.2, 0.25) is 0 Å². The van der Waals surface area contributed by atoms with Crippen molar-refractivity contribution in [2.24, 2.45) is 0 Å². The van der Waals surface area contributed by atoms with Gasteiger partial charge >= 0.3 is 5.97 Å². The molecule has 0 aromatic carbocycles. The van der Waals surface area contributed by atoms with E-state index in [0.29, 0.717) is 6.42 Å². The molecule has 0 aromatic heterocycles. The molecule has 0 bridgehead atoms. The molecule has 0 aliphatic carbocycles. The molecule has 2 N–H and O–H groups in total. The first-order valence-corrected chi connectivity index (χ1v) is 4.60. The Morgan fingerprint density at radius 2 is 1.93 bits per heavy atom. The van der Waals surface area contributed by atoms with Crippen LogP contribution in [0.25, 0.3) is 0 Å². The number of amides is 1. The minimum Gasteiger partial charge on any atom is -0.480 e. The van der Waals surface area contributed by atoms with Crippen LogP contribution >= 0.6 is 0 Å². The highest BCUT2D eigenvalue weighted by Crippen LogP contribution is 1.96. The van der Waals surface area contributed by atoms with Gasteiger partial charge in [0.1, 0.15) is 6.04 Å². The Morgan fingerprint density at radius 1 is 1.43 bits per heavy atom. The largest absolute Gasteiger partial charge is 0.480 e. The van der Waals surface area contributed by atoms with Gasteiger partial charge in [-0.15, -0.1) is 0 Å². The summed E-state index contributed by atoms with van der Waals surface area (Å²) >= 11 is 0. The fourth-order valence-electron chi connectivity index (χ4n) is 1.12. The molecule has 14 heavy (non-hydrogen) atoms. The molecule has 82 valence electrons. The molecule has 0 aromatic rings. The number of carboxylic acid groups (broad SMARTS) is 1. The van der Waals surface area contributed by atoms with Crippen molar-refractivity contribution in [1.82, 2.24) is 10.2 Å². The summed E-state index contributed by atoms with van der Waals surface area (Å²) in [5, 5.41) is 11.5. The third kappa shape index (κ3) is 3.74. The SMILES string of the molecule is CCC(NC(C)C(=O)N(C)C)C(=O)O. The number of hydrogen-bond donors (Lipinski definition) is 2. The number of nitrogens with zero attached hydrogens (tertiary/aromatic N) is 1. The van der Waals surface area contributed by atoms with Gasteiger partial charge in [0.2, 0.25) is 5.91 Å². The smallest absolute Gasteiger partial charge is 0.320 e. The van der Waals surface area contributed by atoms with Crippen LogP contribution in [0.1, 0.15) is 20.3 Å².